The molecule has 0 aliphatic heterocycles. The highest BCUT2D eigenvalue weighted by Gasteiger charge is 2.65. The third-order valence-electron chi connectivity index (χ3n) is 4.90. The molecule has 28 heavy (non-hydrogen) atoms. The molecule has 0 radical (unpaired) electrons. The van der Waals surface area contributed by atoms with Crippen molar-refractivity contribution in [3.05, 3.63) is 54.6 Å². The number of carboxylic acids is 1. The summed E-state index contributed by atoms with van der Waals surface area (Å²) in [6.45, 7) is 3.38. The van der Waals surface area contributed by atoms with Gasteiger partial charge in [-0.3, -0.25) is 14.4 Å². The third-order valence-corrected chi connectivity index (χ3v) is 4.90. The molecule has 146 valence electrons. The third kappa shape index (κ3) is 4.31. The van der Waals surface area contributed by atoms with Crippen molar-refractivity contribution in [1.29, 1.82) is 0 Å². The zero-order valence-electron chi connectivity index (χ0n) is 15.6. The molecule has 0 aromatic heterocycles. The first kappa shape index (κ1) is 19.4. The number of carbonyl (C=O) groups excluding carboxylic acids is 2. The number of carbonyl (C=O) groups is 3. The highest BCUT2D eigenvalue weighted by molar-refractivity contribution is 6.00. The Labute approximate surface area is 162 Å². The van der Waals surface area contributed by atoms with Gasteiger partial charge in [0, 0.05) is 11.4 Å². The lowest BCUT2D eigenvalue weighted by atomic mass is 10.1. The lowest BCUT2D eigenvalue weighted by Gasteiger charge is -2.10. The second-order valence-electron chi connectivity index (χ2n) is 7.33. The predicted octanol–water partition coefficient (Wildman–Crippen LogP) is 3.00. The van der Waals surface area contributed by atoms with E-state index in [0.717, 1.165) is 0 Å². The number of rotatable bonds is 7. The number of carboxylic acid groups (broad SMARTS) is 1. The maximum atomic E-state index is 12.4. The van der Waals surface area contributed by atoms with Gasteiger partial charge in [0.05, 0.1) is 11.8 Å². The van der Waals surface area contributed by atoms with Crippen molar-refractivity contribution in [2.24, 2.45) is 17.3 Å². The van der Waals surface area contributed by atoms with E-state index in [1.807, 2.05) is 18.2 Å². The lowest BCUT2D eigenvalue weighted by molar-refractivity contribution is -0.140. The molecule has 2 aromatic rings. The summed E-state index contributed by atoms with van der Waals surface area (Å²) in [4.78, 5) is 35.7. The van der Waals surface area contributed by atoms with E-state index in [4.69, 9.17) is 4.74 Å². The quantitative estimate of drug-likeness (QED) is 0.683. The number of anilines is 2. The maximum Gasteiger partial charge on any atom is 0.307 e. The summed E-state index contributed by atoms with van der Waals surface area (Å²) in [5.74, 6) is -2.31. The number of hydrogen-bond acceptors (Lipinski definition) is 4. The van der Waals surface area contributed by atoms with Gasteiger partial charge in [-0.15, -0.1) is 0 Å². The van der Waals surface area contributed by atoms with E-state index in [-0.39, 0.29) is 18.4 Å². The normalized spacial score (nSPS) is 19.4. The van der Waals surface area contributed by atoms with Gasteiger partial charge < -0.3 is 20.5 Å². The second kappa shape index (κ2) is 7.72. The van der Waals surface area contributed by atoms with Crippen LogP contribution in [0, 0.1) is 17.3 Å². The van der Waals surface area contributed by atoms with E-state index < -0.39 is 23.2 Å². The Morgan fingerprint density at radius 1 is 0.964 bits per heavy atom. The van der Waals surface area contributed by atoms with E-state index >= 15 is 0 Å². The molecule has 0 spiro atoms. The van der Waals surface area contributed by atoms with Gasteiger partial charge in [-0.1, -0.05) is 38.1 Å². The summed E-state index contributed by atoms with van der Waals surface area (Å²) >= 11 is 0. The van der Waals surface area contributed by atoms with Crippen LogP contribution < -0.4 is 15.4 Å². The van der Waals surface area contributed by atoms with Crippen molar-refractivity contribution in [1.82, 2.24) is 0 Å². The van der Waals surface area contributed by atoms with Gasteiger partial charge in [0.1, 0.15) is 5.75 Å². The number of nitrogens with one attached hydrogen (secondary N) is 2. The monoisotopic (exact) mass is 382 g/mol. The molecule has 0 unspecified atom stereocenters. The Balaban J connectivity index is 1.56. The first-order valence-corrected chi connectivity index (χ1v) is 8.90. The molecule has 1 aliphatic rings. The van der Waals surface area contributed by atoms with Crippen molar-refractivity contribution in [3.63, 3.8) is 0 Å². The van der Waals surface area contributed by atoms with Crippen LogP contribution in [-0.4, -0.2) is 29.5 Å². The van der Waals surface area contributed by atoms with Crippen LogP contribution in [0.1, 0.15) is 13.8 Å². The Bertz CT molecular complexity index is 895. The zero-order valence-corrected chi connectivity index (χ0v) is 15.6. The van der Waals surface area contributed by atoms with Gasteiger partial charge in [0.25, 0.3) is 5.91 Å². The average Bonchev–Trinajstić information content (AvgIpc) is 3.24. The smallest absolute Gasteiger partial charge is 0.307 e. The Kier molecular flexibility index (Phi) is 5.35. The molecule has 7 nitrogen and oxygen atoms in total. The Morgan fingerprint density at radius 3 is 2.21 bits per heavy atom. The fraction of sp³-hybridized carbons (Fsp3) is 0.286. The standard InChI is InChI=1S/C21H22N2O5/c1-21(2)17(18(21)20(26)27)19(25)23-14-8-6-7-13(11-14)22-16(24)12-28-15-9-4-3-5-10-15/h3-11,17-18H,12H2,1-2H3,(H,22,24)(H,23,25)(H,26,27)/t17-,18+/m0/s1. The van der Waals surface area contributed by atoms with Crippen molar-refractivity contribution in [2.75, 3.05) is 17.2 Å². The highest BCUT2D eigenvalue weighted by Crippen LogP contribution is 2.58. The molecular weight excluding hydrogens is 360 g/mol. The molecule has 1 saturated carbocycles. The number of para-hydroxylation sites is 1. The summed E-state index contributed by atoms with van der Waals surface area (Å²) in [7, 11) is 0. The minimum Gasteiger partial charge on any atom is -0.484 e. The van der Waals surface area contributed by atoms with Crippen molar-refractivity contribution in [2.45, 2.75) is 13.8 Å². The first-order valence-electron chi connectivity index (χ1n) is 8.90. The van der Waals surface area contributed by atoms with Crippen molar-refractivity contribution < 1.29 is 24.2 Å². The highest BCUT2D eigenvalue weighted by atomic mass is 16.5. The SMILES string of the molecule is CC1(C)[C@H](C(=O)Nc2cccc(NC(=O)COc3ccccc3)c2)[C@@H]1C(=O)O. The molecular formula is C21H22N2O5. The van der Waals surface area contributed by atoms with Crippen LogP contribution in [0.4, 0.5) is 11.4 Å². The summed E-state index contributed by atoms with van der Waals surface area (Å²) < 4.78 is 5.39. The molecule has 1 fully saturated rings. The summed E-state index contributed by atoms with van der Waals surface area (Å²) in [5.41, 5.74) is 0.416. The molecule has 0 bridgehead atoms. The van der Waals surface area contributed by atoms with Gasteiger partial charge in [-0.05, 0) is 35.7 Å². The van der Waals surface area contributed by atoms with Gasteiger partial charge in [-0.2, -0.15) is 0 Å². The van der Waals surface area contributed by atoms with Crippen LogP contribution in [0.2, 0.25) is 0 Å². The minimum absolute atomic E-state index is 0.142. The Hall–Kier alpha value is -3.35. The average molecular weight is 382 g/mol. The number of ether oxygens (including phenoxy) is 1. The Morgan fingerprint density at radius 2 is 1.61 bits per heavy atom. The number of benzene rings is 2. The van der Waals surface area contributed by atoms with E-state index in [0.29, 0.717) is 17.1 Å². The second-order valence-corrected chi connectivity index (χ2v) is 7.33. The first-order chi connectivity index (χ1) is 13.3. The summed E-state index contributed by atoms with van der Waals surface area (Å²) in [6.07, 6.45) is 0. The lowest BCUT2D eigenvalue weighted by Crippen LogP contribution is -2.20. The van der Waals surface area contributed by atoms with E-state index in [1.54, 1.807) is 50.2 Å². The summed E-state index contributed by atoms with van der Waals surface area (Å²) in [5, 5.41) is 14.6. The van der Waals surface area contributed by atoms with E-state index in [9.17, 15) is 19.5 Å². The molecule has 2 amide bonds. The van der Waals surface area contributed by atoms with Gasteiger partial charge in [0.15, 0.2) is 6.61 Å². The van der Waals surface area contributed by atoms with E-state index in [1.165, 1.54) is 0 Å². The largest absolute Gasteiger partial charge is 0.484 e. The van der Waals surface area contributed by atoms with Gasteiger partial charge in [-0.25, -0.2) is 0 Å². The summed E-state index contributed by atoms with van der Waals surface area (Å²) in [6, 6.07) is 15.7. The van der Waals surface area contributed by atoms with Gasteiger partial charge in [0.2, 0.25) is 5.91 Å². The van der Waals surface area contributed by atoms with Crippen molar-refractivity contribution >= 4 is 29.2 Å². The fourth-order valence-corrected chi connectivity index (χ4v) is 3.35. The molecule has 7 heteroatoms. The number of amides is 2. The molecule has 0 saturated heterocycles. The van der Waals surface area contributed by atoms with Crippen LogP contribution in [0.15, 0.2) is 54.6 Å². The van der Waals surface area contributed by atoms with Crippen LogP contribution in [0.5, 0.6) is 5.75 Å². The van der Waals surface area contributed by atoms with Crippen LogP contribution >= 0.6 is 0 Å². The van der Waals surface area contributed by atoms with E-state index in [2.05, 4.69) is 10.6 Å². The molecule has 3 N–H and O–H groups in total. The topological polar surface area (TPSA) is 105 Å². The predicted molar refractivity (Wildman–Crippen MR) is 104 cm³/mol. The molecule has 0 heterocycles. The molecule has 3 rings (SSSR count). The molecule has 2 atom stereocenters. The molecule has 2 aromatic carbocycles. The number of aliphatic carboxylic acids is 1. The van der Waals surface area contributed by atoms with Crippen LogP contribution in [0.25, 0.3) is 0 Å². The zero-order chi connectivity index (χ0) is 20.3. The van der Waals surface area contributed by atoms with Crippen LogP contribution in [-0.2, 0) is 14.4 Å². The van der Waals surface area contributed by atoms with Crippen molar-refractivity contribution in [3.8, 4) is 5.75 Å². The van der Waals surface area contributed by atoms with Crippen LogP contribution in [0.3, 0.4) is 0 Å². The number of hydrogen-bond donors (Lipinski definition) is 3. The van der Waals surface area contributed by atoms with Gasteiger partial charge >= 0.3 is 5.97 Å². The minimum atomic E-state index is -0.968. The maximum absolute atomic E-state index is 12.4. The fourth-order valence-electron chi connectivity index (χ4n) is 3.35. The molecule has 1 aliphatic carbocycles.